The highest BCUT2D eigenvalue weighted by Gasteiger charge is 2.21. The number of hydrogen-bond acceptors (Lipinski definition) is 4. The first-order chi connectivity index (χ1) is 9.55. The SMILES string of the molecule is CCCC(COC)NS(=O)(=O)c1ccccc1CNC. The molecule has 0 radical (unpaired) electrons. The molecule has 114 valence electrons. The second-order valence-corrected chi connectivity index (χ2v) is 6.38. The number of rotatable bonds is 9. The average molecular weight is 300 g/mol. The molecule has 0 saturated heterocycles. The number of hydrogen-bond donors (Lipinski definition) is 2. The molecule has 0 aromatic heterocycles. The summed E-state index contributed by atoms with van der Waals surface area (Å²) in [6, 6.07) is 6.82. The molecule has 1 unspecified atom stereocenters. The lowest BCUT2D eigenvalue weighted by Crippen LogP contribution is -2.38. The normalized spacial score (nSPS) is 13.3. The van der Waals surface area contributed by atoms with Gasteiger partial charge in [-0.05, 0) is 25.1 Å². The van der Waals surface area contributed by atoms with Crippen LogP contribution < -0.4 is 10.0 Å². The summed E-state index contributed by atoms with van der Waals surface area (Å²) in [5.41, 5.74) is 0.759. The Hall–Kier alpha value is -0.950. The third-order valence-corrected chi connectivity index (χ3v) is 4.58. The van der Waals surface area contributed by atoms with Gasteiger partial charge < -0.3 is 10.1 Å². The molecule has 1 aromatic carbocycles. The van der Waals surface area contributed by atoms with Crippen LogP contribution in [0.1, 0.15) is 25.3 Å². The lowest BCUT2D eigenvalue weighted by atomic mass is 10.2. The molecule has 0 amide bonds. The quantitative estimate of drug-likeness (QED) is 0.725. The fourth-order valence-corrected chi connectivity index (χ4v) is 3.61. The van der Waals surface area contributed by atoms with Crippen LogP contribution >= 0.6 is 0 Å². The Morgan fingerprint density at radius 3 is 2.60 bits per heavy atom. The van der Waals surface area contributed by atoms with Crippen LogP contribution in [0.15, 0.2) is 29.2 Å². The summed E-state index contributed by atoms with van der Waals surface area (Å²) in [6.07, 6.45) is 1.65. The van der Waals surface area contributed by atoms with Crippen LogP contribution in [0.3, 0.4) is 0 Å². The molecule has 1 atom stereocenters. The summed E-state index contributed by atoms with van der Waals surface area (Å²) in [7, 11) is -0.158. The summed E-state index contributed by atoms with van der Waals surface area (Å²) in [6.45, 7) is 2.91. The molecule has 1 rings (SSSR count). The van der Waals surface area contributed by atoms with E-state index >= 15 is 0 Å². The van der Waals surface area contributed by atoms with E-state index in [0.717, 1.165) is 18.4 Å². The number of ether oxygens (including phenoxy) is 1. The smallest absolute Gasteiger partial charge is 0.241 e. The second kappa shape index (κ2) is 8.36. The van der Waals surface area contributed by atoms with Crippen molar-refractivity contribution in [2.75, 3.05) is 20.8 Å². The van der Waals surface area contributed by atoms with E-state index in [4.69, 9.17) is 4.74 Å². The molecule has 0 saturated carbocycles. The monoisotopic (exact) mass is 300 g/mol. The van der Waals surface area contributed by atoms with E-state index in [1.54, 1.807) is 26.3 Å². The summed E-state index contributed by atoms with van der Waals surface area (Å²) < 4.78 is 32.8. The van der Waals surface area contributed by atoms with Crippen LogP contribution in [-0.4, -0.2) is 35.2 Å². The first-order valence-corrected chi connectivity index (χ1v) is 8.27. The van der Waals surface area contributed by atoms with Gasteiger partial charge in [0.2, 0.25) is 10.0 Å². The molecule has 5 nitrogen and oxygen atoms in total. The zero-order valence-electron chi connectivity index (χ0n) is 12.3. The molecular formula is C14H24N2O3S. The molecule has 0 aliphatic rings. The molecule has 20 heavy (non-hydrogen) atoms. The largest absolute Gasteiger partial charge is 0.383 e. The van der Waals surface area contributed by atoms with Crippen molar-refractivity contribution < 1.29 is 13.2 Å². The second-order valence-electron chi connectivity index (χ2n) is 4.70. The van der Waals surface area contributed by atoms with Crippen LogP contribution in [0.2, 0.25) is 0 Å². The Balaban J connectivity index is 2.97. The van der Waals surface area contributed by atoms with E-state index in [-0.39, 0.29) is 6.04 Å². The molecule has 0 heterocycles. The van der Waals surface area contributed by atoms with Gasteiger partial charge in [0.05, 0.1) is 11.5 Å². The topological polar surface area (TPSA) is 67.4 Å². The van der Waals surface area contributed by atoms with Crippen molar-refractivity contribution in [1.29, 1.82) is 0 Å². The lowest BCUT2D eigenvalue weighted by Gasteiger charge is -2.18. The lowest BCUT2D eigenvalue weighted by molar-refractivity contribution is 0.171. The van der Waals surface area contributed by atoms with Gasteiger partial charge in [0, 0.05) is 19.7 Å². The van der Waals surface area contributed by atoms with Gasteiger partial charge in [0.15, 0.2) is 0 Å². The minimum absolute atomic E-state index is 0.197. The fraction of sp³-hybridized carbons (Fsp3) is 0.571. The van der Waals surface area contributed by atoms with E-state index < -0.39 is 10.0 Å². The Morgan fingerprint density at radius 2 is 2.00 bits per heavy atom. The minimum Gasteiger partial charge on any atom is -0.383 e. The van der Waals surface area contributed by atoms with Crippen LogP contribution in [0, 0.1) is 0 Å². The van der Waals surface area contributed by atoms with Crippen LogP contribution in [0.4, 0.5) is 0 Å². The number of nitrogens with one attached hydrogen (secondary N) is 2. The summed E-state index contributed by atoms with van der Waals surface area (Å²) in [4.78, 5) is 0.326. The van der Waals surface area contributed by atoms with Gasteiger partial charge in [-0.3, -0.25) is 0 Å². The third-order valence-electron chi connectivity index (χ3n) is 2.96. The van der Waals surface area contributed by atoms with Crippen molar-refractivity contribution in [3.05, 3.63) is 29.8 Å². The maximum atomic E-state index is 12.5. The first-order valence-electron chi connectivity index (χ1n) is 6.79. The Kier molecular flexibility index (Phi) is 7.15. The zero-order chi connectivity index (χ0) is 15.0. The van der Waals surface area contributed by atoms with Crippen molar-refractivity contribution in [3.8, 4) is 0 Å². The highest BCUT2D eigenvalue weighted by molar-refractivity contribution is 7.89. The molecule has 0 bridgehead atoms. The highest BCUT2D eigenvalue weighted by atomic mass is 32.2. The van der Waals surface area contributed by atoms with Crippen molar-refractivity contribution in [2.24, 2.45) is 0 Å². The van der Waals surface area contributed by atoms with Crippen molar-refractivity contribution in [3.63, 3.8) is 0 Å². The molecule has 0 fully saturated rings. The van der Waals surface area contributed by atoms with E-state index in [0.29, 0.717) is 18.0 Å². The van der Waals surface area contributed by atoms with E-state index in [2.05, 4.69) is 10.0 Å². The van der Waals surface area contributed by atoms with Gasteiger partial charge in [0.1, 0.15) is 0 Å². The Morgan fingerprint density at radius 1 is 1.30 bits per heavy atom. The van der Waals surface area contributed by atoms with Gasteiger partial charge in [0.25, 0.3) is 0 Å². The zero-order valence-corrected chi connectivity index (χ0v) is 13.2. The van der Waals surface area contributed by atoms with Gasteiger partial charge in [-0.15, -0.1) is 0 Å². The minimum atomic E-state index is -3.53. The van der Waals surface area contributed by atoms with E-state index in [9.17, 15) is 8.42 Å². The third kappa shape index (κ3) is 4.86. The Labute approximate surface area is 121 Å². The molecule has 1 aromatic rings. The van der Waals surface area contributed by atoms with Gasteiger partial charge >= 0.3 is 0 Å². The number of benzene rings is 1. The van der Waals surface area contributed by atoms with Crippen molar-refractivity contribution in [2.45, 2.75) is 37.2 Å². The van der Waals surface area contributed by atoms with Crippen molar-refractivity contribution >= 4 is 10.0 Å². The number of methoxy groups -OCH3 is 1. The van der Waals surface area contributed by atoms with Crippen LogP contribution in [-0.2, 0) is 21.3 Å². The van der Waals surface area contributed by atoms with Gasteiger partial charge in [-0.1, -0.05) is 31.5 Å². The highest BCUT2D eigenvalue weighted by Crippen LogP contribution is 2.16. The maximum absolute atomic E-state index is 12.5. The molecule has 0 aliphatic carbocycles. The van der Waals surface area contributed by atoms with Crippen LogP contribution in [0.5, 0.6) is 0 Å². The van der Waals surface area contributed by atoms with Gasteiger partial charge in [-0.2, -0.15) is 0 Å². The summed E-state index contributed by atoms with van der Waals surface area (Å²) >= 11 is 0. The summed E-state index contributed by atoms with van der Waals surface area (Å²) in [5, 5.41) is 2.98. The fourth-order valence-electron chi connectivity index (χ4n) is 2.11. The summed E-state index contributed by atoms with van der Waals surface area (Å²) in [5.74, 6) is 0. The molecular weight excluding hydrogens is 276 g/mol. The first kappa shape index (κ1) is 17.1. The maximum Gasteiger partial charge on any atom is 0.241 e. The predicted molar refractivity (Wildman–Crippen MR) is 80.1 cm³/mol. The van der Waals surface area contributed by atoms with E-state index in [1.165, 1.54) is 0 Å². The Bertz CT molecular complexity index is 497. The van der Waals surface area contributed by atoms with E-state index in [1.807, 2.05) is 19.1 Å². The standard InChI is InChI=1S/C14H24N2O3S/c1-4-7-13(11-19-3)16-20(17,18)14-9-6-5-8-12(14)10-15-2/h5-6,8-9,13,15-16H,4,7,10-11H2,1-3H3. The predicted octanol–water partition coefficient (Wildman–Crippen LogP) is 1.50. The molecule has 0 spiro atoms. The molecule has 6 heteroatoms. The number of sulfonamides is 1. The average Bonchev–Trinajstić information content (AvgIpc) is 2.40. The van der Waals surface area contributed by atoms with Crippen molar-refractivity contribution in [1.82, 2.24) is 10.0 Å². The molecule has 2 N–H and O–H groups in total. The van der Waals surface area contributed by atoms with Gasteiger partial charge in [-0.25, -0.2) is 13.1 Å². The molecule has 0 aliphatic heterocycles. The van der Waals surface area contributed by atoms with Crippen LogP contribution in [0.25, 0.3) is 0 Å².